The van der Waals surface area contributed by atoms with E-state index < -0.39 is 0 Å². The number of carbonyl (C=O) groups excluding carboxylic acids is 1. The van der Waals surface area contributed by atoms with Gasteiger partial charge in [0.25, 0.3) is 5.69 Å². The van der Waals surface area contributed by atoms with Crippen molar-refractivity contribution in [3.63, 3.8) is 0 Å². The third-order valence-electron chi connectivity index (χ3n) is 4.06. The normalized spacial score (nSPS) is 16.1. The highest BCUT2D eigenvalue weighted by molar-refractivity contribution is 5.91. The maximum atomic E-state index is 11.3. The van der Waals surface area contributed by atoms with Crippen LogP contribution in [0.1, 0.15) is 19.8 Å². The van der Waals surface area contributed by atoms with E-state index in [0.29, 0.717) is 11.1 Å². The number of carbonyl (C=O) groups is 1. The zero-order valence-corrected chi connectivity index (χ0v) is 12.4. The first-order valence-electron chi connectivity index (χ1n) is 7.01. The van der Waals surface area contributed by atoms with E-state index in [-0.39, 0.29) is 21.9 Å². The number of hydrogen-bond acceptors (Lipinski definition) is 4. The van der Waals surface area contributed by atoms with Gasteiger partial charge in [-0.2, -0.15) is 0 Å². The lowest BCUT2D eigenvalue weighted by atomic mass is 10.2. The second kappa shape index (κ2) is 4.98. The highest BCUT2D eigenvalue weighted by Gasteiger charge is 2.44. The number of benzene rings is 1. The summed E-state index contributed by atoms with van der Waals surface area (Å²) in [5, 5.41) is 11.9. The molecule has 1 aliphatic carbocycles. The standard InChI is InChI=1S/C16H16N2O4/c1-11(19)5-6-16(7-8-16)17-10-15(18(20)21)13-9-12(22-2)3-4-14(13)17/h3-6,9-10H,7-8H2,1-2H3/b6-5+. The fourth-order valence-corrected chi connectivity index (χ4v) is 2.72. The number of fused-ring (bicyclic) bond motifs is 1. The quantitative estimate of drug-likeness (QED) is 0.483. The van der Waals surface area contributed by atoms with Crippen LogP contribution in [0.4, 0.5) is 5.69 Å². The van der Waals surface area contributed by atoms with E-state index in [1.807, 2.05) is 16.7 Å². The zero-order valence-electron chi connectivity index (χ0n) is 12.4. The topological polar surface area (TPSA) is 74.4 Å². The summed E-state index contributed by atoms with van der Waals surface area (Å²) < 4.78 is 7.06. The van der Waals surface area contributed by atoms with Crippen molar-refractivity contribution in [1.29, 1.82) is 0 Å². The SMILES string of the molecule is COc1ccc2c(c1)c([N+](=O)[O-])cn2C1(/C=C/C(C)=O)CC1. The number of ether oxygens (including phenoxy) is 1. The van der Waals surface area contributed by atoms with Gasteiger partial charge in [-0.3, -0.25) is 14.9 Å². The van der Waals surface area contributed by atoms with Crippen molar-refractivity contribution in [1.82, 2.24) is 4.57 Å². The molecule has 1 aromatic heterocycles. The van der Waals surface area contributed by atoms with Crippen LogP contribution in [0.25, 0.3) is 10.9 Å². The van der Waals surface area contributed by atoms with Gasteiger partial charge in [-0.15, -0.1) is 0 Å². The van der Waals surface area contributed by atoms with Gasteiger partial charge in [0, 0.05) is 0 Å². The highest BCUT2D eigenvalue weighted by atomic mass is 16.6. The van der Waals surface area contributed by atoms with Crippen molar-refractivity contribution in [2.45, 2.75) is 25.3 Å². The molecule has 1 heterocycles. The molecule has 0 spiro atoms. The Kier molecular flexibility index (Phi) is 3.24. The molecule has 3 rings (SSSR count). The van der Waals surface area contributed by atoms with Crippen LogP contribution in [-0.4, -0.2) is 22.4 Å². The van der Waals surface area contributed by atoms with Gasteiger partial charge in [-0.1, -0.05) is 6.08 Å². The molecule has 6 nitrogen and oxygen atoms in total. The molecule has 0 saturated heterocycles. The summed E-state index contributed by atoms with van der Waals surface area (Å²) in [6.07, 6.45) is 6.67. The summed E-state index contributed by atoms with van der Waals surface area (Å²) >= 11 is 0. The molecule has 1 aromatic carbocycles. The molecule has 0 N–H and O–H groups in total. The molecule has 0 atom stereocenters. The predicted octanol–water partition coefficient (Wildman–Crippen LogP) is 3.19. The van der Waals surface area contributed by atoms with Gasteiger partial charge in [0.2, 0.25) is 0 Å². The van der Waals surface area contributed by atoms with Crippen LogP contribution < -0.4 is 4.74 Å². The fourth-order valence-electron chi connectivity index (χ4n) is 2.72. The minimum Gasteiger partial charge on any atom is -0.497 e. The Bertz CT molecular complexity index is 800. The number of allylic oxidation sites excluding steroid dienone is 2. The lowest BCUT2D eigenvalue weighted by Crippen LogP contribution is -2.13. The van der Waals surface area contributed by atoms with Gasteiger partial charge < -0.3 is 9.30 Å². The third-order valence-corrected chi connectivity index (χ3v) is 4.06. The minimum atomic E-state index is -0.386. The number of ketones is 1. The Hall–Kier alpha value is -2.63. The van der Waals surface area contributed by atoms with Crippen LogP contribution in [-0.2, 0) is 10.3 Å². The van der Waals surface area contributed by atoms with Crippen LogP contribution in [0.5, 0.6) is 5.75 Å². The molecule has 1 saturated carbocycles. The number of hydrogen-bond donors (Lipinski definition) is 0. The first kappa shape index (κ1) is 14.3. The van der Waals surface area contributed by atoms with Crippen LogP contribution in [0.15, 0.2) is 36.5 Å². The second-order valence-corrected chi connectivity index (χ2v) is 5.57. The lowest BCUT2D eigenvalue weighted by molar-refractivity contribution is -0.383. The Labute approximate surface area is 127 Å². The number of nitro groups is 1. The van der Waals surface area contributed by atoms with E-state index in [9.17, 15) is 14.9 Å². The Morgan fingerprint density at radius 3 is 2.73 bits per heavy atom. The highest BCUT2D eigenvalue weighted by Crippen LogP contribution is 2.48. The number of aromatic nitrogens is 1. The Morgan fingerprint density at radius 2 is 2.18 bits per heavy atom. The summed E-state index contributed by atoms with van der Waals surface area (Å²) in [4.78, 5) is 22.1. The van der Waals surface area contributed by atoms with E-state index in [2.05, 4.69) is 0 Å². The molecule has 6 heteroatoms. The van der Waals surface area contributed by atoms with Crippen molar-refractivity contribution in [2.75, 3.05) is 7.11 Å². The van der Waals surface area contributed by atoms with E-state index in [4.69, 9.17) is 4.74 Å². The molecule has 0 bridgehead atoms. The van der Waals surface area contributed by atoms with E-state index >= 15 is 0 Å². The van der Waals surface area contributed by atoms with Crippen LogP contribution in [0.3, 0.4) is 0 Å². The Balaban J connectivity index is 2.19. The molecule has 1 aliphatic rings. The van der Waals surface area contributed by atoms with Gasteiger partial charge in [-0.05, 0) is 44.0 Å². The number of rotatable bonds is 5. The summed E-state index contributed by atoms with van der Waals surface area (Å²) in [7, 11) is 1.53. The molecule has 0 aliphatic heterocycles. The largest absolute Gasteiger partial charge is 0.497 e. The van der Waals surface area contributed by atoms with Gasteiger partial charge in [-0.25, -0.2) is 0 Å². The second-order valence-electron chi connectivity index (χ2n) is 5.57. The van der Waals surface area contributed by atoms with Crippen LogP contribution >= 0.6 is 0 Å². The molecule has 0 radical (unpaired) electrons. The summed E-state index contributed by atoms with van der Waals surface area (Å²) in [5.41, 5.74) is 0.502. The van der Waals surface area contributed by atoms with E-state index in [0.717, 1.165) is 18.4 Å². The monoisotopic (exact) mass is 300 g/mol. The van der Waals surface area contributed by atoms with Crippen molar-refractivity contribution < 1.29 is 14.5 Å². The number of methoxy groups -OCH3 is 1. The van der Waals surface area contributed by atoms with Gasteiger partial charge >= 0.3 is 0 Å². The van der Waals surface area contributed by atoms with Crippen molar-refractivity contribution in [3.05, 3.63) is 46.7 Å². The smallest absolute Gasteiger partial charge is 0.294 e. The minimum absolute atomic E-state index is 0.0288. The van der Waals surface area contributed by atoms with Crippen LogP contribution in [0, 0.1) is 10.1 Å². The molecular formula is C16H16N2O4. The first-order chi connectivity index (χ1) is 10.5. The van der Waals surface area contributed by atoms with Crippen molar-refractivity contribution in [3.8, 4) is 5.75 Å². The maximum Gasteiger partial charge on any atom is 0.294 e. The Morgan fingerprint density at radius 1 is 1.45 bits per heavy atom. The third kappa shape index (κ3) is 2.26. The van der Waals surface area contributed by atoms with Crippen molar-refractivity contribution >= 4 is 22.4 Å². The van der Waals surface area contributed by atoms with E-state index in [1.165, 1.54) is 20.1 Å². The maximum absolute atomic E-state index is 11.3. The fraction of sp³-hybridized carbons (Fsp3) is 0.312. The average Bonchev–Trinajstić information content (AvgIpc) is 3.17. The predicted molar refractivity (Wildman–Crippen MR) is 82.2 cm³/mol. The molecule has 0 unspecified atom stereocenters. The summed E-state index contributed by atoms with van der Waals surface area (Å²) in [6, 6.07) is 5.28. The summed E-state index contributed by atoms with van der Waals surface area (Å²) in [5.74, 6) is 0.552. The average molecular weight is 300 g/mol. The zero-order chi connectivity index (χ0) is 15.9. The van der Waals surface area contributed by atoms with Gasteiger partial charge in [0.05, 0.1) is 34.7 Å². The molecule has 1 fully saturated rings. The summed E-state index contributed by atoms with van der Waals surface area (Å²) in [6.45, 7) is 1.49. The molecule has 22 heavy (non-hydrogen) atoms. The first-order valence-corrected chi connectivity index (χ1v) is 7.01. The molecule has 0 amide bonds. The number of nitrogens with zero attached hydrogens (tertiary/aromatic N) is 2. The lowest BCUT2D eigenvalue weighted by Gasteiger charge is -2.14. The molecular weight excluding hydrogens is 284 g/mol. The van der Waals surface area contributed by atoms with Gasteiger partial charge in [0.15, 0.2) is 5.78 Å². The van der Waals surface area contributed by atoms with E-state index in [1.54, 1.807) is 18.3 Å². The van der Waals surface area contributed by atoms with Crippen molar-refractivity contribution in [2.24, 2.45) is 0 Å². The molecule has 114 valence electrons. The van der Waals surface area contributed by atoms with Crippen LogP contribution in [0.2, 0.25) is 0 Å². The molecule has 2 aromatic rings. The van der Waals surface area contributed by atoms with Gasteiger partial charge in [0.1, 0.15) is 5.75 Å².